The molecule has 1 aromatic heterocycles. The first-order chi connectivity index (χ1) is 13.5. The summed E-state index contributed by atoms with van der Waals surface area (Å²) in [4.78, 5) is 27.6. The Balaban J connectivity index is 2.16. The van der Waals surface area contributed by atoms with Crippen molar-refractivity contribution in [1.82, 2.24) is 10.3 Å². The first-order valence-corrected chi connectivity index (χ1v) is 9.12. The van der Waals surface area contributed by atoms with Gasteiger partial charge in [0.25, 0.3) is 5.69 Å². The van der Waals surface area contributed by atoms with E-state index in [1.54, 1.807) is 24.3 Å². The molecule has 0 aliphatic carbocycles. The number of nitrogens with one attached hydrogen (secondary N) is 1. The van der Waals surface area contributed by atoms with Crippen molar-refractivity contribution >= 4 is 22.5 Å². The van der Waals surface area contributed by atoms with Crippen molar-refractivity contribution < 1.29 is 14.8 Å². The number of phenolic OH excluding ortho intramolecular Hbond substituents is 1. The van der Waals surface area contributed by atoms with E-state index in [0.29, 0.717) is 12.0 Å². The number of hydrogen-bond donors (Lipinski definition) is 2. The summed E-state index contributed by atoms with van der Waals surface area (Å²) < 4.78 is 0. The van der Waals surface area contributed by atoms with Crippen LogP contribution in [-0.4, -0.2) is 20.9 Å². The van der Waals surface area contributed by atoms with Gasteiger partial charge in [-0.15, -0.1) is 0 Å². The summed E-state index contributed by atoms with van der Waals surface area (Å²) in [5.41, 5.74) is 0.927. The van der Waals surface area contributed by atoms with Crippen LogP contribution in [0.15, 0.2) is 54.7 Å². The zero-order chi connectivity index (χ0) is 20.1. The van der Waals surface area contributed by atoms with Gasteiger partial charge < -0.3 is 10.4 Å². The molecule has 0 aliphatic rings. The molecule has 0 saturated carbocycles. The van der Waals surface area contributed by atoms with Crippen LogP contribution >= 0.6 is 0 Å². The Morgan fingerprint density at radius 2 is 2.00 bits per heavy atom. The van der Waals surface area contributed by atoms with E-state index in [1.807, 2.05) is 25.1 Å². The van der Waals surface area contributed by atoms with Crippen LogP contribution in [0.25, 0.3) is 10.9 Å². The van der Waals surface area contributed by atoms with Gasteiger partial charge in [0.15, 0.2) is 0 Å². The van der Waals surface area contributed by atoms with E-state index in [-0.39, 0.29) is 33.8 Å². The molecule has 3 aromatic rings. The minimum atomic E-state index is -0.726. The standard InChI is InChI=1S/C21H21N3O4/c1-2-3-11-18(25)23-19(14-8-5-4-6-9-14)16-13-17(24(27)28)15-10-7-12-22-20(15)21(16)26/h4-10,12-13,19,26H,2-3,11H2,1H3,(H,23,25)/t19-/m0/s1. The minimum Gasteiger partial charge on any atom is -0.505 e. The molecule has 7 heteroatoms. The highest BCUT2D eigenvalue weighted by atomic mass is 16.6. The molecule has 7 nitrogen and oxygen atoms in total. The van der Waals surface area contributed by atoms with Gasteiger partial charge in [-0.25, -0.2) is 0 Å². The Kier molecular flexibility index (Phi) is 5.84. The van der Waals surface area contributed by atoms with Crippen LogP contribution < -0.4 is 5.32 Å². The van der Waals surface area contributed by atoms with Crippen LogP contribution in [0, 0.1) is 10.1 Å². The number of hydrogen-bond acceptors (Lipinski definition) is 5. The number of benzene rings is 2. The van der Waals surface area contributed by atoms with Crippen LogP contribution in [0.4, 0.5) is 5.69 Å². The van der Waals surface area contributed by atoms with Gasteiger partial charge in [0.1, 0.15) is 11.3 Å². The first kappa shape index (κ1) is 19.3. The number of carbonyl (C=O) groups is 1. The molecule has 28 heavy (non-hydrogen) atoms. The zero-order valence-electron chi connectivity index (χ0n) is 15.5. The number of nitro benzene ring substituents is 1. The number of aromatic hydroxyl groups is 1. The van der Waals surface area contributed by atoms with Crippen LogP contribution in [0.3, 0.4) is 0 Å². The van der Waals surface area contributed by atoms with Crippen molar-refractivity contribution in [3.8, 4) is 5.75 Å². The van der Waals surface area contributed by atoms with Gasteiger partial charge in [-0.3, -0.25) is 19.9 Å². The Morgan fingerprint density at radius 1 is 1.25 bits per heavy atom. The van der Waals surface area contributed by atoms with Crippen LogP contribution in [0.5, 0.6) is 5.75 Å². The number of unbranched alkanes of at least 4 members (excludes halogenated alkanes) is 1. The largest absolute Gasteiger partial charge is 0.505 e. The Hall–Kier alpha value is -3.48. The maximum absolute atomic E-state index is 12.4. The second-order valence-corrected chi connectivity index (χ2v) is 6.50. The summed E-state index contributed by atoms with van der Waals surface area (Å²) in [7, 11) is 0. The van der Waals surface area contributed by atoms with Crippen molar-refractivity contribution in [1.29, 1.82) is 0 Å². The predicted octanol–water partition coefficient (Wildman–Crippen LogP) is 4.24. The molecule has 1 amide bonds. The average Bonchev–Trinajstić information content (AvgIpc) is 2.71. The smallest absolute Gasteiger partial charge is 0.279 e. The SMILES string of the molecule is CCCCC(=O)N[C@@H](c1ccccc1)c1cc([N+](=O)[O-])c2cccnc2c1O. The van der Waals surface area contributed by atoms with Crippen molar-refractivity contribution in [2.75, 3.05) is 0 Å². The second-order valence-electron chi connectivity index (χ2n) is 6.50. The summed E-state index contributed by atoms with van der Waals surface area (Å²) in [6.07, 6.45) is 3.42. The van der Waals surface area contributed by atoms with Gasteiger partial charge in [-0.1, -0.05) is 43.7 Å². The van der Waals surface area contributed by atoms with E-state index in [1.165, 1.54) is 12.3 Å². The van der Waals surface area contributed by atoms with Crippen molar-refractivity contribution in [3.05, 3.63) is 76.0 Å². The number of amides is 1. The lowest BCUT2D eigenvalue weighted by molar-refractivity contribution is -0.383. The Bertz CT molecular complexity index is 1010. The third-order valence-electron chi connectivity index (χ3n) is 4.58. The topological polar surface area (TPSA) is 105 Å². The predicted molar refractivity (Wildman–Crippen MR) is 106 cm³/mol. The number of nitrogens with zero attached hydrogens (tertiary/aromatic N) is 2. The fraction of sp³-hybridized carbons (Fsp3) is 0.238. The molecule has 1 atom stereocenters. The molecule has 3 rings (SSSR count). The lowest BCUT2D eigenvalue weighted by Gasteiger charge is -2.21. The summed E-state index contributed by atoms with van der Waals surface area (Å²) >= 11 is 0. The molecule has 0 spiro atoms. The van der Waals surface area contributed by atoms with E-state index in [2.05, 4.69) is 10.3 Å². The first-order valence-electron chi connectivity index (χ1n) is 9.12. The molecule has 144 valence electrons. The van der Waals surface area contributed by atoms with Crippen molar-refractivity contribution in [2.24, 2.45) is 0 Å². The van der Waals surface area contributed by atoms with Crippen LogP contribution in [-0.2, 0) is 4.79 Å². The maximum atomic E-state index is 12.4. The number of nitro groups is 1. The average molecular weight is 379 g/mol. The monoisotopic (exact) mass is 379 g/mol. The quantitative estimate of drug-likeness (QED) is 0.472. The summed E-state index contributed by atoms with van der Waals surface area (Å²) in [5.74, 6) is -0.357. The molecule has 0 bridgehead atoms. The van der Waals surface area contributed by atoms with E-state index in [9.17, 15) is 20.0 Å². The third-order valence-corrected chi connectivity index (χ3v) is 4.58. The third kappa shape index (κ3) is 3.93. The molecule has 2 aromatic carbocycles. The fourth-order valence-corrected chi connectivity index (χ4v) is 3.16. The zero-order valence-corrected chi connectivity index (χ0v) is 15.5. The number of fused-ring (bicyclic) bond motifs is 1. The highest BCUT2D eigenvalue weighted by Gasteiger charge is 2.26. The number of pyridine rings is 1. The van der Waals surface area contributed by atoms with E-state index >= 15 is 0 Å². The molecule has 0 saturated heterocycles. The number of aromatic nitrogens is 1. The van der Waals surface area contributed by atoms with Crippen LogP contribution in [0.2, 0.25) is 0 Å². The highest BCUT2D eigenvalue weighted by molar-refractivity contribution is 5.94. The molecule has 0 unspecified atom stereocenters. The molecule has 0 fully saturated rings. The normalized spacial score (nSPS) is 11.9. The maximum Gasteiger partial charge on any atom is 0.279 e. The summed E-state index contributed by atoms with van der Waals surface area (Å²) in [5, 5.41) is 25.6. The Labute approximate surface area is 162 Å². The van der Waals surface area contributed by atoms with Crippen molar-refractivity contribution in [2.45, 2.75) is 32.2 Å². The lowest BCUT2D eigenvalue weighted by atomic mass is 9.95. The fourth-order valence-electron chi connectivity index (χ4n) is 3.16. The van der Waals surface area contributed by atoms with Gasteiger partial charge in [-0.05, 0) is 24.1 Å². The second kappa shape index (κ2) is 8.47. The highest BCUT2D eigenvalue weighted by Crippen LogP contribution is 2.39. The number of non-ortho nitro benzene ring substituents is 1. The number of rotatable bonds is 7. The van der Waals surface area contributed by atoms with Gasteiger partial charge in [0.2, 0.25) is 5.91 Å². The molecule has 0 radical (unpaired) electrons. The van der Waals surface area contributed by atoms with E-state index < -0.39 is 11.0 Å². The number of phenols is 1. The van der Waals surface area contributed by atoms with Gasteiger partial charge >= 0.3 is 0 Å². The Morgan fingerprint density at radius 3 is 2.68 bits per heavy atom. The van der Waals surface area contributed by atoms with E-state index in [0.717, 1.165) is 12.8 Å². The van der Waals surface area contributed by atoms with Crippen molar-refractivity contribution in [3.63, 3.8) is 0 Å². The summed E-state index contributed by atoms with van der Waals surface area (Å²) in [6.45, 7) is 1.99. The molecule has 1 heterocycles. The molecular formula is C21H21N3O4. The lowest BCUT2D eigenvalue weighted by Crippen LogP contribution is -2.29. The van der Waals surface area contributed by atoms with Gasteiger partial charge in [0, 0.05) is 24.2 Å². The van der Waals surface area contributed by atoms with Crippen LogP contribution in [0.1, 0.15) is 43.4 Å². The minimum absolute atomic E-state index is 0.135. The molecular weight excluding hydrogens is 358 g/mol. The molecule has 0 aliphatic heterocycles. The van der Waals surface area contributed by atoms with Gasteiger partial charge in [0.05, 0.1) is 16.4 Å². The summed E-state index contributed by atoms with van der Waals surface area (Å²) in [6, 6.07) is 12.8. The molecule has 2 N–H and O–H groups in total. The van der Waals surface area contributed by atoms with Gasteiger partial charge in [-0.2, -0.15) is 0 Å². The number of carbonyl (C=O) groups excluding carboxylic acids is 1. The van der Waals surface area contributed by atoms with E-state index in [4.69, 9.17) is 0 Å².